The third kappa shape index (κ3) is 2.84. The molecule has 2 N–H and O–H groups in total. The van der Waals surface area contributed by atoms with Gasteiger partial charge in [0, 0.05) is 19.6 Å². The zero-order valence-electron chi connectivity index (χ0n) is 12.3. The Balaban J connectivity index is 1.62. The Morgan fingerprint density at radius 1 is 1.16 bits per heavy atom. The molecule has 0 aromatic heterocycles. The Morgan fingerprint density at radius 3 is 2.63 bits per heavy atom. The van der Waals surface area contributed by atoms with Gasteiger partial charge >= 0.3 is 0 Å². The van der Waals surface area contributed by atoms with Crippen LogP contribution >= 0.6 is 0 Å². The summed E-state index contributed by atoms with van der Waals surface area (Å²) in [5, 5.41) is 0. The van der Waals surface area contributed by atoms with Gasteiger partial charge in [-0.15, -0.1) is 0 Å². The summed E-state index contributed by atoms with van der Waals surface area (Å²) in [6.45, 7) is 3.90. The number of rotatable bonds is 3. The zero-order valence-corrected chi connectivity index (χ0v) is 12.3. The molecule has 3 fully saturated rings. The van der Waals surface area contributed by atoms with E-state index in [4.69, 9.17) is 15.2 Å². The van der Waals surface area contributed by atoms with E-state index >= 15 is 0 Å². The van der Waals surface area contributed by atoms with Crippen LogP contribution in [0.15, 0.2) is 0 Å². The molecule has 3 unspecified atom stereocenters. The maximum absolute atomic E-state index is 6.57. The Morgan fingerprint density at radius 2 is 2.00 bits per heavy atom. The summed E-state index contributed by atoms with van der Waals surface area (Å²) in [7, 11) is 0. The molecule has 1 heterocycles. The molecule has 0 radical (unpaired) electrons. The molecule has 0 aromatic rings. The van der Waals surface area contributed by atoms with Gasteiger partial charge in [-0.1, -0.05) is 19.8 Å². The molecule has 3 atom stereocenters. The number of nitrogens with two attached hydrogens (primary N) is 1. The molecule has 2 saturated carbocycles. The molecular weight excluding hydrogens is 238 g/mol. The van der Waals surface area contributed by atoms with Gasteiger partial charge in [0.05, 0.1) is 17.3 Å². The largest absolute Gasteiger partial charge is 0.375 e. The monoisotopic (exact) mass is 267 g/mol. The smallest absolute Gasteiger partial charge is 0.0810 e. The molecule has 1 spiro atoms. The van der Waals surface area contributed by atoms with Crippen LogP contribution in [0.25, 0.3) is 0 Å². The van der Waals surface area contributed by atoms with Crippen LogP contribution in [0, 0.1) is 5.92 Å². The van der Waals surface area contributed by atoms with E-state index in [1.165, 1.54) is 32.1 Å². The Hall–Kier alpha value is -0.120. The van der Waals surface area contributed by atoms with E-state index in [2.05, 4.69) is 6.92 Å². The van der Waals surface area contributed by atoms with Gasteiger partial charge in [-0.05, 0) is 44.4 Å². The molecule has 3 heteroatoms. The molecule has 3 aliphatic rings. The van der Waals surface area contributed by atoms with Gasteiger partial charge in [-0.2, -0.15) is 0 Å². The van der Waals surface area contributed by atoms with E-state index in [0.29, 0.717) is 12.6 Å². The molecule has 1 aliphatic heterocycles. The van der Waals surface area contributed by atoms with Crippen molar-refractivity contribution in [3.63, 3.8) is 0 Å². The molecule has 2 aliphatic carbocycles. The minimum absolute atomic E-state index is 0.0371. The topological polar surface area (TPSA) is 44.5 Å². The molecule has 3 rings (SSSR count). The zero-order chi connectivity index (χ0) is 13.3. The van der Waals surface area contributed by atoms with Crippen molar-refractivity contribution in [3.05, 3.63) is 0 Å². The van der Waals surface area contributed by atoms with Gasteiger partial charge < -0.3 is 15.2 Å². The minimum Gasteiger partial charge on any atom is -0.375 e. The van der Waals surface area contributed by atoms with Gasteiger partial charge in [0.15, 0.2) is 0 Å². The van der Waals surface area contributed by atoms with Crippen molar-refractivity contribution in [1.29, 1.82) is 0 Å². The van der Waals surface area contributed by atoms with Crippen LogP contribution in [0.5, 0.6) is 0 Å². The van der Waals surface area contributed by atoms with E-state index in [-0.39, 0.29) is 11.2 Å². The van der Waals surface area contributed by atoms with Crippen molar-refractivity contribution >= 4 is 0 Å². The standard InChI is InChI=1S/C16H29NO2/c1-13-4-2-6-16(10-13,12-17)19-14-5-9-18-15(11-14)7-3-8-15/h13-14H,2-12,17H2,1H3. The van der Waals surface area contributed by atoms with Gasteiger partial charge in [-0.3, -0.25) is 0 Å². The van der Waals surface area contributed by atoms with Crippen LogP contribution in [-0.4, -0.2) is 30.5 Å². The van der Waals surface area contributed by atoms with Crippen molar-refractivity contribution in [3.8, 4) is 0 Å². The van der Waals surface area contributed by atoms with E-state index < -0.39 is 0 Å². The lowest BCUT2D eigenvalue weighted by molar-refractivity contribution is -0.204. The third-order valence-corrected chi connectivity index (χ3v) is 5.55. The fourth-order valence-corrected chi connectivity index (χ4v) is 4.31. The summed E-state index contributed by atoms with van der Waals surface area (Å²) in [5.41, 5.74) is 6.22. The lowest BCUT2D eigenvalue weighted by Crippen LogP contribution is -2.52. The summed E-state index contributed by atoms with van der Waals surface area (Å²) in [4.78, 5) is 0. The highest BCUT2D eigenvalue weighted by Gasteiger charge is 2.45. The van der Waals surface area contributed by atoms with Crippen LogP contribution in [0.1, 0.15) is 64.7 Å². The van der Waals surface area contributed by atoms with Crippen LogP contribution < -0.4 is 5.73 Å². The van der Waals surface area contributed by atoms with Crippen molar-refractivity contribution in [2.24, 2.45) is 11.7 Å². The maximum Gasteiger partial charge on any atom is 0.0810 e. The van der Waals surface area contributed by atoms with Crippen LogP contribution in [0.4, 0.5) is 0 Å². The van der Waals surface area contributed by atoms with Crippen LogP contribution in [0.2, 0.25) is 0 Å². The lowest BCUT2D eigenvalue weighted by Gasteiger charge is -2.50. The number of hydrogen-bond donors (Lipinski definition) is 1. The predicted molar refractivity (Wildman–Crippen MR) is 76.1 cm³/mol. The first-order valence-corrected chi connectivity index (χ1v) is 8.17. The van der Waals surface area contributed by atoms with Gasteiger partial charge in [0.25, 0.3) is 0 Å². The quantitative estimate of drug-likeness (QED) is 0.855. The van der Waals surface area contributed by atoms with Crippen molar-refractivity contribution in [2.75, 3.05) is 13.2 Å². The van der Waals surface area contributed by atoms with E-state index in [1.807, 2.05) is 0 Å². The summed E-state index contributed by atoms with van der Waals surface area (Å²) in [6.07, 6.45) is 11.2. The molecule has 19 heavy (non-hydrogen) atoms. The molecule has 0 aromatic carbocycles. The third-order valence-electron chi connectivity index (χ3n) is 5.55. The molecular formula is C16H29NO2. The van der Waals surface area contributed by atoms with Crippen LogP contribution in [0.3, 0.4) is 0 Å². The highest BCUT2D eigenvalue weighted by molar-refractivity contribution is 4.96. The molecule has 110 valence electrons. The van der Waals surface area contributed by atoms with E-state index in [1.54, 1.807) is 0 Å². The van der Waals surface area contributed by atoms with Gasteiger partial charge in [0.1, 0.15) is 0 Å². The highest BCUT2D eigenvalue weighted by atomic mass is 16.5. The fraction of sp³-hybridized carbons (Fsp3) is 1.00. The van der Waals surface area contributed by atoms with Crippen LogP contribution in [-0.2, 0) is 9.47 Å². The number of hydrogen-bond acceptors (Lipinski definition) is 3. The molecule has 0 amide bonds. The molecule has 1 saturated heterocycles. The first-order valence-electron chi connectivity index (χ1n) is 8.17. The molecule has 3 nitrogen and oxygen atoms in total. The van der Waals surface area contributed by atoms with E-state index in [0.717, 1.165) is 38.2 Å². The summed E-state index contributed by atoms with van der Waals surface area (Å²) in [5.74, 6) is 0.759. The Kier molecular flexibility index (Phi) is 3.89. The number of ether oxygens (including phenoxy) is 2. The van der Waals surface area contributed by atoms with Gasteiger partial charge in [-0.25, -0.2) is 0 Å². The summed E-state index contributed by atoms with van der Waals surface area (Å²) < 4.78 is 12.6. The first-order chi connectivity index (χ1) is 9.15. The normalized spacial score (nSPS) is 42.0. The summed E-state index contributed by atoms with van der Waals surface area (Å²) in [6, 6.07) is 0. The molecule has 0 bridgehead atoms. The second-order valence-corrected chi connectivity index (χ2v) is 7.21. The highest BCUT2D eigenvalue weighted by Crippen LogP contribution is 2.45. The maximum atomic E-state index is 6.57. The lowest BCUT2D eigenvalue weighted by atomic mass is 9.74. The van der Waals surface area contributed by atoms with Crippen molar-refractivity contribution in [2.45, 2.75) is 82.0 Å². The first kappa shape index (κ1) is 13.8. The fourth-order valence-electron chi connectivity index (χ4n) is 4.31. The second-order valence-electron chi connectivity index (χ2n) is 7.21. The van der Waals surface area contributed by atoms with Gasteiger partial charge in [0.2, 0.25) is 0 Å². The van der Waals surface area contributed by atoms with E-state index in [9.17, 15) is 0 Å². The van der Waals surface area contributed by atoms with Crippen molar-refractivity contribution < 1.29 is 9.47 Å². The average Bonchev–Trinajstić information content (AvgIpc) is 2.37. The Labute approximate surface area is 117 Å². The predicted octanol–water partition coefficient (Wildman–Crippen LogP) is 3.01. The summed E-state index contributed by atoms with van der Waals surface area (Å²) >= 11 is 0. The van der Waals surface area contributed by atoms with Crippen molar-refractivity contribution in [1.82, 2.24) is 0 Å². The SMILES string of the molecule is CC1CCCC(CN)(OC2CCOC3(CCC3)C2)C1. The minimum atomic E-state index is -0.0371. The average molecular weight is 267 g/mol. The second kappa shape index (κ2) is 5.34. The Bertz CT molecular complexity index is 316.